The van der Waals surface area contributed by atoms with Crippen LogP contribution in [0.5, 0.6) is 0 Å². The Bertz CT molecular complexity index is 594. The van der Waals surface area contributed by atoms with Gasteiger partial charge in [0, 0.05) is 24.2 Å². The normalized spacial score (nSPS) is 10.4. The Morgan fingerprint density at radius 1 is 1.42 bits per heavy atom. The molecule has 0 aliphatic carbocycles. The van der Waals surface area contributed by atoms with Crippen LogP contribution in [0.15, 0.2) is 22.7 Å². The fourth-order valence-corrected chi connectivity index (χ4v) is 1.94. The number of aromatic nitrogens is 2. The van der Waals surface area contributed by atoms with Crippen molar-refractivity contribution in [3.05, 3.63) is 41.0 Å². The molecule has 0 aliphatic rings. The summed E-state index contributed by atoms with van der Waals surface area (Å²) in [6, 6.07) is 5.94. The molecule has 0 saturated carbocycles. The number of nitrogens with zero attached hydrogens (tertiary/aromatic N) is 2. The minimum atomic E-state index is 0.385. The van der Waals surface area contributed by atoms with E-state index in [1.54, 1.807) is 6.92 Å². The van der Waals surface area contributed by atoms with Crippen molar-refractivity contribution in [2.45, 2.75) is 20.3 Å². The molecule has 19 heavy (non-hydrogen) atoms. The van der Waals surface area contributed by atoms with Gasteiger partial charge in [-0.25, -0.2) is 0 Å². The van der Waals surface area contributed by atoms with Gasteiger partial charge in [-0.3, -0.25) is 0 Å². The summed E-state index contributed by atoms with van der Waals surface area (Å²) in [5, 5.41) is 7.05. The van der Waals surface area contributed by atoms with Gasteiger partial charge >= 0.3 is 0 Å². The zero-order chi connectivity index (χ0) is 13.8. The molecule has 0 bridgehead atoms. The summed E-state index contributed by atoms with van der Waals surface area (Å²) >= 11 is 5.04. The maximum atomic E-state index is 5.70. The third-order valence-electron chi connectivity index (χ3n) is 2.66. The number of aryl methyl sites for hydroxylation is 2. The molecule has 0 fully saturated rings. The number of hydrogen-bond donors (Lipinski definition) is 2. The molecule has 0 spiro atoms. The van der Waals surface area contributed by atoms with Crippen LogP contribution < -0.4 is 11.1 Å². The first-order chi connectivity index (χ1) is 9.06. The van der Waals surface area contributed by atoms with Gasteiger partial charge in [0.1, 0.15) is 4.99 Å². The van der Waals surface area contributed by atoms with Crippen molar-refractivity contribution < 1.29 is 4.52 Å². The molecule has 1 heterocycles. The SMILES string of the molecule is Cc1ccc(C(N)=S)c(NCCc2nc(C)no2)c1. The van der Waals surface area contributed by atoms with Crippen LogP contribution in [0.25, 0.3) is 0 Å². The third-order valence-corrected chi connectivity index (χ3v) is 2.88. The molecule has 1 aromatic carbocycles. The van der Waals surface area contributed by atoms with Gasteiger partial charge in [0.25, 0.3) is 0 Å². The molecule has 0 saturated heterocycles. The molecule has 5 nitrogen and oxygen atoms in total. The number of hydrogen-bond acceptors (Lipinski definition) is 5. The molecule has 2 rings (SSSR count). The van der Waals surface area contributed by atoms with E-state index in [0.29, 0.717) is 29.7 Å². The average Bonchev–Trinajstić information content (AvgIpc) is 2.75. The lowest BCUT2D eigenvalue weighted by molar-refractivity contribution is 0.377. The molecule has 3 N–H and O–H groups in total. The predicted molar refractivity (Wildman–Crippen MR) is 78.3 cm³/mol. The fraction of sp³-hybridized carbons (Fsp3) is 0.308. The number of anilines is 1. The second kappa shape index (κ2) is 5.79. The van der Waals surface area contributed by atoms with Crippen LogP contribution in [0.2, 0.25) is 0 Å². The predicted octanol–water partition coefficient (Wildman–Crippen LogP) is 1.98. The Morgan fingerprint density at radius 3 is 2.84 bits per heavy atom. The van der Waals surface area contributed by atoms with E-state index in [2.05, 4.69) is 15.5 Å². The van der Waals surface area contributed by atoms with Gasteiger partial charge in [0.15, 0.2) is 5.82 Å². The van der Waals surface area contributed by atoms with E-state index < -0.39 is 0 Å². The van der Waals surface area contributed by atoms with Crippen molar-refractivity contribution in [3.8, 4) is 0 Å². The number of nitrogens with one attached hydrogen (secondary N) is 1. The maximum Gasteiger partial charge on any atom is 0.228 e. The summed E-state index contributed by atoms with van der Waals surface area (Å²) in [5.74, 6) is 1.27. The van der Waals surface area contributed by atoms with Crippen molar-refractivity contribution in [1.82, 2.24) is 10.1 Å². The van der Waals surface area contributed by atoms with E-state index in [1.165, 1.54) is 0 Å². The maximum absolute atomic E-state index is 5.70. The van der Waals surface area contributed by atoms with E-state index in [-0.39, 0.29) is 0 Å². The van der Waals surface area contributed by atoms with Gasteiger partial charge in [0.2, 0.25) is 5.89 Å². The Morgan fingerprint density at radius 2 is 2.21 bits per heavy atom. The van der Waals surface area contributed by atoms with E-state index in [9.17, 15) is 0 Å². The van der Waals surface area contributed by atoms with Crippen molar-refractivity contribution in [2.75, 3.05) is 11.9 Å². The van der Waals surface area contributed by atoms with Crippen LogP contribution in [-0.2, 0) is 6.42 Å². The van der Waals surface area contributed by atoms with Crippen LogP contribution >= 0.6 is 12.2 Å². The standard InChI is InChI=1S/C13H16N4OS/c1-8-3-4-10(13(14)19)11(7-8)15-6-5-12-16-9(2)17-18-12/h3-4,7,15H,5-6H2,1-2H3,(H2,14,19). The molecule has 0 unspecified atom stereocenters. The fourth-order valence-electron chi connectivity index (χ4n) is 1.76. The molecule has 100 valence electrons. The van der Waals surface area contributed by atoms with Crippen LogP contribution in [-0.4, -0.2) is 21.7 Å². The van der Waals surface area contributed by atoms with Crippen molar-refractivity contribution >= 4 is 22.9 Å². The number of thiocarbonyl (C=S) groups is 1. The quantitative estimate of drug-likeness (QED) is 0.813. The van der Waals surface area contributed by atoms with Gasteiger partial charge in [-0.05, 0) is 31.5 Å². The van der Waals surface area contributed by atoms with E-state index in [1.807, 2.05) is 25.1 Å². The molecule has 1 aromatic heterocycles. The monoisotopic (exact) mass is 276 g/mol. The lowest BCUT2D eigenvalue weighted by atomic mass is 10.1. The highest BCUT2D eigenvalue weighted by Gasteiger charge is 2.06. The average molecular weight is 276 g/mol. The van der Waals surface area contributed by atoms with Crippen LogP contribution in [0.4, 0.5) is 5.69 Å². The van der Waals surface area contributed by atoms with Crippen molar-refractivity contribution in [3.63, 3.8) is 0 Å². The molecule has 0 aliphatic heterocycles. The van der Waals surface area contributed by atoms with Gasteiger partial charge in [-0.1, -0.05) is 23.4 Å². The molecule has 0 amide bonds. The summed E-state index contributed by atoms with van der Waals surface area (Å²) in [7, 11) is 0. The smallest absolute Gasteiger partial charge is 0.228 e. The largest absolute Gasteiger partial charge is 0.389 e. The Kier molecular flexibility index (Phi) is 4.11. The van der Waals surface area contributed by atoms with Crippen molar-refractivity contribution in [1.29, 1.82) is 0 Å². The zero-order valence-corrected chi connectivity index (χ0v) is 11.8. The summed E-state index contributed by atoms with van der Waals surface area (Å²) < 4.78 is 5.05. The highest BCUT2D eigenvalue weighted by atomic mass is 32.1. The number of nitrogens with two attached hydrogens (primary N) is 1. The van der Waals surface area contributed by atoms with Crippen molar-refractivity contribution in [2.24, 2.45) is 5.73 Å². The third kappa shape index (κ3) is 3.51. The summed E-state index contributed by atoms with van der Waals surface area (Å²) in [6.45, 7) is 4.50. The highest BCUT2D eigenvalue weighted by Crippen LogP contribution is 2.17. The van der Waals surface area contributed by atoms with Crippen LogP contribution in [0.1, 0.15) is 22.8 Å². The topological polar surface area (TPSA) is 77.0 Å². The molecular weight excluding hydrogens is 260 g/mol. The van der Waals surface area contributed by atoms with E-state index >= 15 is 0 Å². The highest BCUT2D eigenvalue weighted by molar-refractivity contribution is 7.80. The van der Waals surface area contributed by atoms with Crippen LogP contribution in [0, 0.1) is 13.8 Å². The lowest BCUT2D eigenvalue weighted by Gasteiger charge is -2.11. The first kappa shape index (κ1) is 13.5. The van der Waals surface area contributed by atoms with Gasteiger partial charge in [0.05, 0.1) is 0 Å². The lowest BCUT2D eigenvalue weighted by Crippen LogP contribution is -2.14. The van der Waals surface area contributed by atoms with E-state index in [4.69, 9.17) is 22.5 Å². The van der Waals surface area contributed by atoms with Gasteiger partial charge < -0.3 is 15.6 Å². The molecule has 0 radical (unpaired) electrons. The second-order valence-electron chi connectivity index (χ2n) is 4.33. The summed E-state index contributed by atoms with van der Waals surface area (Å²) in [5.41, 5.74) is 8.63. The Balaban J connectivity index is 2.02. The first-order valence-corrected chi connectivity index (χ1v) is 6.40. The number of benzene rings is 1. The second-order valence-corrected chi connectivity index (χ2v) is 4.77. The molecule has 2 aromatic rings. The Labute approximate surface area is 117 Å². The summed E-state index contributed by atoms with van der Waals surface area (Å²) in [6.07, 6.45) is 0.658. The van der Waals surface area contributed by atoms with Gasteiger partial charge in [-0.15, -0.1) is 0 Å². The first-order valence-electron chi connectivity index (χ1n) is 6.00. The zero-order valence-electron chi connectivity index (χ0n) is 10.9. The minimum Gasteiger partial charge on any atom is -0.389 e. The number of rotatable bonds is 5. The summed E-state index contributed by atoms with van der Waals surface area (Å²) in [4.78, 5) is 4.53. The van der Waals surface area contributed by atoms with E-state index in [0.717, 1.165) is 16.8 Å². The molecule has 6 heteroatoms. The molecule has 0 atom stereocenters. The Hall–Kier alpha value is -1.95. The minimum absolute atomic E-state index is 0.385. The van der Waals surface area contributed by atoms with Crippen LogP contribution in [0.3, 0.4) is 0 Å². The van der Waals surface area contributed by atoms with Gasteiger partial charge in [-0.2, -0.15) is 4.98 Å². The molecular formula is C13H16N4OS.